The molecule has 0 bridgehead atoms. The predicted molar refractivity (Wildman–Crippen MR) is 62.0 cm³/mol. The second-order valence-corrected chi connectivity index (χ2v) is 5.48. The largest absolute Gasteiger partial charge is 0.316 e. The number of likely N-dealkylation sites (tertiary alicyclic amines) is 1. The van der Waals surface area contributed by atoms with Gasteiger partial charge in [0.15, 0.2) is 0 Å². The number of hydrogen-bond acceptors (Lipinski definition) is 3. The van der Waals surface area contributed by atoms with Crippen LogP contribution in [0.5, 0.6) is 0 Å². The molecule has 1 unspecified atom stereocenters. The lowest BCUT2D eigenvalue weighted by atomic mass is 9.99. The molecule has 2 saturated heterocycles. The lowest BCUT2D eigenvalue weighted by Crippen LogP contribution is -2.44. The van der Waals surface area contributed by atoms with Crippen LogP contribution in [0.3, 0.4) is 0 Å². The molecule has 0 aromatic rings. The van der Waals surface area contributed by atoms with Crippen LogP contribution in [0.15, 0.2) is 0 Å². The van der Waals surface area contributed by atoms with Crippen LogP contribution in [-0.2, 0) is 0 Å². The van der Waals surface area contributed by atoms with Crippen LogP contribution in [0.2, 0.25) is 0 Å². The highest BCUT2D eigenvalue weighted by Gasteiger charge is 2.34. The van der Waals surface area contributed by atoms with Gasteiger partial charge in [-0.15, -0.1) is 0 Å². The van der Waals surface area contributed by atoms with E-state index in [1.807, 2.05) is 0 Å². The number of nitrogens with zero attached hydrogens (tertiary/aromatic N) is 1. The third kappa shape index (κ3) is 2.52. The summed E-state index contributed by atoms with van der Waals surface area (Å²) in [5, 5.41) is 7.06. The van der Waals surface area contributed by atoms with Crippen molar-refractivity contribution in [3.63, 3.8) is 0 Å². The Labute approximate surface area is 92.6 Å². The quantitative estimate of drug-likeness (QED) is 0.687. The van der Waals surface area contributed by atoms with E-state index in [4.69, 9.17) is 0 Å². The Morgan fingerprint density at radius 1 is 1.20 bits per heavy atom. The van der Waals surface area contributed by atoms with Crippen molar-refractivity contribution in [3.8, 4) is 0 Å². The Kier molecular flexibility index (Phi) is 2.95. The Hall–Kier alpha value is -0.120. The summed E-state index contributed by atoms with van der Waals surface area (Å²) in [5.41, 5.74) is 0. The van der Waals surface area contributed by atoms with Crippen LogP contribution in [0, 0.1) is 5.92 Å². The fraction of sp³-hybridized carbons (Fsp3) is 1.00. The molecular formula is C12H23N3. The first kappa shape index (κ1) is 10.1. The number of rotatable bonds is 5. The summed E-state index contributed by atoms with van der Waals surface area (Å²) in [4.78, 5) is 2.68. The van der Waals surface area contributed by atoms with Crippen LogP contribution in [0.25, 0.3) is 0 Å². The topological polar surface area (TPSA) is 27.3 Å². The van der Waals surface area contributed by atoms with Crippen LogP contribution in [0.4, 0.5) is 0 Å². The molecule has 3 fully saturated rings. The number of nitrogens with one attached hydrogen (secondary N) is 2. The maximum absolute atomic E-state index is 3.72. The molecule has 86 valence electrons. The maximum atomic E-state index is 3.72. The van der Waals surface area contributed by atoms with E-state index >= 15 is 0 Å². The molecule has 3 rings (SSSR count). The third-order valence-electron chi connectivity index (χ3n) is 4.13. The average Bonchev–Trinajstić information content (AvgIpc) is 2.91. The predicted octanol–water partition coefficient (Wildman–Crippen LogP) is 0.422. The zero-order valence-electron chi connectivity index (χ0n) is 9.54. The van der Waals surface area contributed by atoms with Gasteiger partial charge in [0.25, 0.3) is 0 Å². The van der Waals surface area contributed by atoms with Crippen molar-refractivity contribution in [1.82, 2.24) is 15.5 Å². The van der Waals surface area contributed by atoms with Crippen molar-refractivity contribution < 1.29 is 0 Å². The molecule has 15 heavy (non-hydrogen) atoms. The minimum Gasteiger partial charge on any atom is -0.316 e. The third-order valence-corrected chi connectivity index (χ3v) is 4.13. The van der Waals surface area contributed by atoms with E-state index in [0.717, 1.165) is 18.0 Å². The fourth-order valence-corrected chi connectivity index (χ4v) is 2.77. The van der Waals surface area contributed by atoms with E-state index in [1.54, 1.807) is 0 Å². The Morgan fingerprint density at radius 3 is 2.73 bits per heavy atom. The summed E-state index contributed by atoms with van der Waals surface area (Å²) in [6.07, 6.45) is 5.66. The smallest absolute Gasteiger partial charge is 0.0207 e. The zero-order chi connectivity index (χ0) is 10.1. The summed E-state index contributed by atoms with van der Waals surface area (Å²) in [6, 6.07) is 1.76. The second kappa shape index (κ2) is 4.40. The van der Waals surface area contributed by atoms with Gasteiger partial charge in [-0.3, -0.25) is 4.90 Å². The molecule has 0 amide bonds. The minimum absolute atomic E-state index is 0.790. The zero-order valence-corrected chi connectivity index (χ0v) is 9.54. The van der Waals surface area contributed by atoms with Gasteiger partial charge in [-0.05, 0) is 51.2 Å². The molecular weight excluding hydrogens is 186 g/mol. The van der Waals surface area contributed by atoms with Gasteiger partial charge in [-0.1, -0.05) is 0 Å². The van der Waals surface area contributed by atoms with Gasteiger partial charge in [-0.2, -0.15) is 0 Å². The standard InChI is InChI=1S/C12H23N3/c1-2-12(1)15-6-4-11(9-15)14-5-3-10-7-13-8-10/h10-14H,1-9H2. The normalized spacial score (nSPS) is 33.2. The molecule has 1 atom stereocenters. The first-order chi connectivity index (χ1) is 7.42. The van der Waals surface area contributed by atoms with Gasteiger partial charge in [0.1, 0.15) is 0 Å². The highest BCUT2D eigenvalue weighted by molar-refractivity contribution is 4.91. The summed E-state index contributed by atoms with van der Waals surface area (Å²) >= 11 is 0. The molecule has 1 saturated carbocycles. The van der Waals surface area contributed by atoms with Gasteiger partial charge in [0.05, 0.1) is 0 Å². The van der Waals surface area contributed by atoms with Gasteiger partial charge in [0, 0.05) is 25.2 Å². The van der Waals surface area contributed by atoms with Gasteiger partial charge >= 0.3 is 0 Å². The highest BCUT2D eigenvalue weighted by Crippen LogP contribution is 2.29. The van der Waals surface area contributed by atoms with E-state index in [2.05, 4.69) is 15.5 Å². The second-order valence-electron chi connectivity index (χ2n) is 5.48. The molecule has 2 aliphatic heterocycles. The Balaban J connectivity index is 1.30. The summed E-state index contributed by atoms with van der Waals surface area (Å²) in [6.45, 7) is 6.39. The molecule has 0 aromatic heterocycles. The van der Waals surface area contributed by atoms with Gasteiger partial charge < -0.3 is 10.6 Å². The van der Waals surface area contributed by atoms with E-state index in [0.29, 0.717) is 0 Å². The van der Waals surface area contributed by atoms with Crippen molar-refractivity contribution in [2.45, 2.75) is 37.8 Å². The van der Waals surface area contributed by atoms with Crippen LogP contribution >= 0.6 is 0 Å². The molecule has 0 aromatic carbocycles. The Bertz CT molecular complexity index is 211. The number of hydrogen-bond donors (Lipinski definition) is 2. The lowest BCUT2D eigenvalue weighted by Gasteiger charge is -2.27. The molecule has 0 radical (unpaired) electrons. The molecule has 3 aliphatic rings. The lowest BCUT2D eigenvalue weighted by molar-refractivity contribution is 0.302. The molecule has 3 heteroatoms. The monoisotopic (exact) mass is 209 g/mol. The molecule has 2 heterocycles. The van der Waals surface area contributed by atoms with Gasteiger partial charge in [-0.25, -0.2) is 0 Å². The maximum Gasteiger partial charge on any atom is 0.0207 e. The molecule has 0 spiro atoms. The van der Waals surface area contributed by atoms with E-state index in [9.17, 15) is 0 Å². The van der Waals surface area contributed by atoms with Crippen LogP contribution in [-0.4, -0.2) is 49.7 Å². The fourth-order valence-electron chi connectivity index (χ4n) is 2.77. The SMILES string of the molecule is C(CC1CNC1)NC1CCN(C2CC2)C1. The van der Waals surface area contributed by atoms with Crippen molar-refractivity contribution >= 4 is 0 Å². The summed E-state index contributed by atoms with van der Waals surface area (Å²) < 4.78 is 0. The molecule has 3 nitrogen and oxygen atoms in total. The van der Waals surface area contributed by atoms with E-state index in [1.165, 1.54) is 58.4 Å². The van der Waals surface area contributed by atoms with E-state index in [-0.39, 0.29) is 0 Å². The van der Waals surface area contributed by atoms with Crippen LogP contribution in [0.1, 0.15) is 25.7 Å². The summed E-state index contributed by atoms with van der Waals surface area (Å²) in [5.74, 6) is 0.957. The Morgan fingerprint density at radius 2 is 2.07 bits per heavy atom. The molecule has 1 aliphatic carbocycles. The molecule has 2 N–H and O–H groups in total. The summed E-state index contributed by atoms with van der Waals surface area (Å²) in [7, 11) is 0. The van der Waals surface area contributed by atoms with Crippen molar-refractivity contribution in [2.24, 2.45) is 5.92 Å². The first-order valence-corrected chi connectivity index (χ1v) is 6.60. The van der Waals surface area contributed by atoms with Crippen LogP contribution < -0.4 is 10.6 Å². The van der Waals surface area contributed by atoms with Crippen molar-refractivity contribution in [2.75, 3.05) is 32.7 Å². The highest BCUT2D eigenvalue weighted by atomic mass is 15.2. The minimum atomic E-state index is 0.790. The van der Waals surface area contributed by atoms with Crippen molar-refractivity contribution in [1.29, 1.82) is 0 Å². The van der Waals surface area contributed by atoms with E-state index < -0.39 is 0 Å². The van der Waals surface area contributed by atoms with Gasteiger partial charge in [0.2, 0.25) is 0 Å². The first-order valence-electron chi connectivity index (χ1n) is 6.60. The average molecular weight is 209 g/mol. The van der Waals surface area contributed by atoms with Crippen molar-refractivity contribution in [3.05, 3.63) is 0 Å².